The minimum Gasteiger partial charge on any atom is -0.337 e. The van der Waals surface area contributed by atoms with Crippen LogP contribution in [0.25, 0.3) is 0 Å². The maximum Gasteiger partial charge on any atom is 0.255 e. The number of thiophene rings is 2. The quantitative estimate of drug-likeness (QED) is 0.587. The molecule has 96 valence electrons. The summed E-state index contributed by atoms with van der Waals surface area (Å²) in [5, 5.41) is 2.05. The molecule has 1 amide bonds. The second kappa shape index (κ2) is 6.17. The van der Waals surface area contributed by atoms with Gasteiger partial charge in [0.25, 0.3) is 5.91 Å². The number of hydrogen-bond acceptors (Lipinski definition) is 3. The summed E-state index contributed by atoms with van der Waals surface area (Å²) in [6.45, 7) is 0.612. The van der Waals surface area contributed by atoms with Gasteiger partial charge in [0.1, 0.15) is 0 Å². The molecule has 0 aliphatic heterocycles. The van der Waals surface area contributed by atoms with Gasteiger partial charge in [-0.3, -0.25) is 4.79 Å². The smallest absolute Gasteiger partial charge is 0.255 e. The lowest BCUT2D eigenvalue weighted by Crippen LogP contribution is -2.25. The highest BCUT2D eigenvalue weighted by Gasteiger charge is 2.18. The lowest BCUT2D eigenvalue weighted by molar-refractivity contribution is 0.0785. The van der Waals surface area contributed by atoms with E-state index in [-0.39, 0.29) is 5.91 Å². The molecule has 0 unspecified atom stereocenters. The van der Waals surface area contributed by atoms with Crippen molar-refractivity contribution < 1.29 is 4.79 Å². The van der Waals surface area contributed by atoms with Crippen molar-refractivity contribution in [1.29, 1.82) is 0 Å². The maximum absolute atomic E-state index is 12.3. The fourth-order valence-electron chi connectivity index (χ4n) is 1.47. The van der Waals surface area contributed by atoms with Crippen LogP contribution < -0.4 is 0 Å². The number of hydrogen-bond donors (Lipinski definition) is 0. The van der Waals surface area contributed by atoms with E-state index in [1.54, 1.807) is 16.2 Å². The highest BCUT2D eigenvalue weighted by atomic mass is 79.9. The Morgan fingerprint density at radius 1 is 1.28 bits per heavy atom. The largest absolute Gasteiger partial charge is 0.337 e. The van der Waals surface area contributed by atoms with E-state index in [0.29, 0.717) is 12.1 Å². The Hall–Kier alpha value is 0.310. The third-order valence-corrected chi connectivity index (χ3v) is 6.17. The van der Waals surface area contributed by atoms with Crippen LogP contribution in [0, 0.1) is 0 Å². The topological polar surface area (TPSA) is 20.3 Å². The molecule has 2 heterocycles. The molecule has 7 heteroatoms. The molecule has 0 aliphatic carbocycles. The molecule has 2 aromatic rings. The molecule has 0 aliphatic rings. The Labute approximate surface area is 138 Å². The van der Waals surface area contributed by atoms with Crippen LogP contribution in [0.5, 0.6) is 0 Å². The molecule has 0 spiro atoms. The van der Waals surface area contributed by atoms with Crippen molar-refractivity contribution in [3.8, 4) is 0 Å². The Kier molecular flexibility index (Phi) is 5.05. The summed E-state index contributed by atoms with van der Waals surface area (Å²) in [5.74, 6) is 0.0196. The maximum atomic E-state index is 12.3. The molecule has 0 N–H and O–H groups in total. The number of carbonyl (C=O) groups excluding carboxylic acids is 1. The van der Waals surface area contributed by atoms with Crippen LogP contribution in [0.4, 0.5) is 0 Å². The van der Waals surface area contributed by atoms with Crippen LogP contribution in [0.1, 0.15) is 15.9 Å². The van der Waals surface area contributed by atoms with Crippen LogP contribution in [-0.4, -0.2) is 17.9 Å². The van der Waals surface area contributed by atoms with Crippen LogP contribution >= 0.6 is 70.5 Å². The van der Waals surface area contributed by atoms with E-state index in [2.05, 4.69) is 47.8 Å². The van der Waals surface area contributed by atoms with E-state index in [1.807, 2.05) is 24.6 Å². The van der Waals surface area contributed by atoms with Crippen LogP contribution in [0.3, 0.4) is 0 Å². The monoisotopic (exact) mass is 471 g/mol. The lowest BCUT2D eigenvalue weighted by atomic mass is 10.2. The molecule has 0 bridgehead atoms. The zero-order valence-electron chi connectivity index (χ0n) is 9.25. The second-order valence-corrected chi connectivity index (χ2v) is 9.70. The van der Waals surface area contributed by atoms with Crippen molar-refractivity contribution in [2.45, 2.75) is 6.54 Å². The first-order valence-electron chi connectivity index (χ1n) is 4.90. The van der Waals surface area contributed by atoms with E-state index in [9.17, 15) is 4.79 Å². The van der Waals surface area contributed by atoms with Gasteiger partial charge in [-0.15, -0.1) is 22.7 Å². The molecule has 0 radical (unpaired) electrons. The number of carbonyl (C=O) groups is 1. The molecule has 0 aromatic carbocycles. The zero-order valence-corrected chi connectivity index (χ0v) is 15.6. The van der Waals surface area contributed by atoms with E-state index in [0.717, 1.165) is 16.9 Å². The van der Waals surface area contributed by atoms with Gasteiger partial charge < -0.3 is 4.90 Å². The summed E-state index contributed by atoms with van der Waals surface area (Å²) in [5.41, 5.74) is 1.83. The van der Waals surface area contributed by atoms with Crippen molar-refractivity contribution in [3.63, 3.8) is 0 Å². The molecule has 2 nitrogen and oxygen atoms in total. The lowest BCUT2D eigenvalue weighted by Gasteiger charge is -2.15. The number of nitrogens with zero attached hydrogens (tertiary/aromatic N) is 1. The molecule has 2 aromatic heterocycles. The summed E-state index contributed by atoms with van der Waals surface area (Å²) >= 11 is 13.3. The molecule has 18 heavy (non-hydrogen) atoms. The van der Waals surface area contributed by atoms with Gasteiger partial charge in [0.2, 0.25) is 0 Å². The van der Waals surface area contributed by atoms with Crippen molar-refractivity contribution >= 4 is 76.4 Å². The van der Waals surface area contributed by atoms with E-state index >= 15 is 0 Å². The van der Waals surface area contributed by atoms with Gasteiger partial charge in [0, 0.05) is 13.6 Å². The van der Waals surface area contributed by atoms with Crippen LogP contribution in [0.2, 0.25) is 0 Å². The summed E-state index contributed by atoms with van der Waals surface area (Å²) < 4.78 is 2.89. The predicted octanol–water partition coefficient (Wildman–Crippen LogP) is 5.37. The minimum atomic E-state index is 0.0196. The molecule has 0 saturated carbocycles. The van der Waals surface area contributed by atoms with Crippen molar-refractivity contribution in [2.75, 3.05) is 7.05 Å². The van der Waals surface area contributed by atoms with Gasteiger partial charge in [-0.2, -0.15) is 0 Å². The minimum absolute atomic E-state index is 0.0196. The van der Waals surface area contributed by atoms with E-state index < -0.39 is 0 Å². The van der Waals surface area contributed by atoms with Gasteiger partial charge >= 0.3 is 0 Å². The molecule has 0 atom stereocenters. The highest BCUT2D eigenvalue weighted by molar-refractivity contribution is 9.12. The second-order valence-electron chi connectivity index (χ2n) is 3.66. The average molecular weight is 474 g/mol. The SMILES string of the molecule is CN(Cc1csc(Br)c1)C(=O)c1cc(Br)sc1Br. The Bertz CT molecular complexity index is 579. The molecular formula is C11H8Br3NOS2. The molecule has 0 fully saturated rings. The van der Waals surface area contributed by atoms with Crippen LogP contribution in [-0.2, 0) is 6.54 Å². The van der Waals surface area contributed by atoms with Gasteiger partial charge in [-0.25, -0.2) is 0 Å². The van der Waals surface area contributed by atoms with E-state index in [4.69, 9.17) is 0 Å². The first-order chi connectivity index (χ1) is 8.47. The van der Waals surface area contributed by atoms with E-state index in [1.165, 1.54) is 11.3 Å². The number of halogens is 3. The third kappa shape index (κ3) is 3.45. The van der Waals surface area contributed by atoms with Gasteiger partial charge in [-0.05, 0) is 70.9 Å². The van der Waals surface area contributed by atoms with Crippen LogP contribution in [0.15, 0.2) is 28.9 Å². The average Bonchev–Trinajstić information content (AvgIpc) is 2.84. The zero-order chi connectivity index (χ0) is 13.3. The van der Waals surface area contributed by atoms with Crippen molar-refractivity contribution in [3.05, 3.63) is 40.0 Å². The normalized spacial score (nSPS) is 10.7. The predicted molar refractivity (Wildman–Crippen MR) is 87.5 cm³/mol. The van der Waals surface area contributed by atoms with Gasteiger partial charge in [-0.1, -0.05) is 0 Å². The Balaban J connectivity index is 2.11. The standard InChI is InChI=1S/C11H8Br3NOS2/c1-15(4-6-2-8(12)17-5-6)11(16)7-3-9(13)18-10(7)14/h2-3,5H,4H2,1H3. The van der Waals surface area contributed by atoms with Crippen molar-refractivity contribution in [2.24, 2.45) is 0 Å². The van der Waals surface area contributed by atoms with Gasteiger partial charge in [0.05, 0.1) is 16.9 Å². The Morgan fingerprint density at radius 3 is 2.50 bits per heavy atom. The number of amides is 1. The van der Waals surface area contributed by atoms with Crippen molar-refractivity contribution in [1.82, 2.24) is 4.90 Å². The number of rotatable bonds is 3. The summed E-state index contributed by atoms with van der Waals surface area (Å²) in [6, 6.07) is 3.88. The summed E-state index contributed by atoms with van der Waals surface area (Å²) in [7, 11) is 1.81. The first kappa shape index (κ1) is 14.7. The molecule has 2 rings (SSSR count). The van der Waals surface area contributed by atoms with Gasteiger partial charge in [0.15, 0.2) is 0 Å². The Morgan fingerprint density at radius 2 is 2.00 bits per heavy atom. The summed E-state index contributed by atoms with van der Waals surface area (Å²) in [4.78, 5) is 14.0. The molecule has 0 saturated heterocycles. The first-order valence-corrected chi connectivity index (χ1v) is 8.98. The third-order valence-electron chi connectivity index (χ3n) is 2.28. The summed E-state index contributed by atoms with van der Waals surface area (Å²) in [6.07, 6.45) is 0. The fourth-order valence-corrected chi connectivity index (χ4v) is 5.44. The highest BCUT2D eigenvalue weighted by Crippen LogP contribution is 2.32. The fraction of sp³-hybridized carbons (Fsp3) is 0.182. The molecular weight excluding hydrogens is 466 g/mol.